The van der Waals surface area contributed by atoms with E-state index < -0.39 is 16.2 Å². The van der Waals surface area contributed by atoms with Gasteiger partial charge in [-0.25, -0.2) is 4.79 Å². The van der Waals surface area contributed by atoms with E-state index in [1.165, 1.54) is 0 Å². The molecule has 6 heteroatoms. The zero-order valence-electron chi connectivity index (χ0n) is 12.2. The van der Waals surface area contributed by atoms with Gasteiger partial charge in [-0.15, -0.1) is 0 Å². The molecule has 0 bridgehead atoms. The summed E-state index contributed by atoms with van der Waals surface area (Å²) in [7, 11) is 0. The largest absolute Gasteiger partial charge is 0.464 e. The van der Waals surface area contributed by atoms with Crippen LogP contribution < -0.4 is 0 Å². The second-order valence-corrected chi connectivity index (χ2v) is 7.08. The van der Waals surface area contributed by atoms with Gasteiger partial charge in [-0.05, 0) is 36.2 Å². The topological polar surface area (TPSA) is 26.3 Å². The number of benzene rings is 2. The van der Waals surface area contributed by atoms with Crippen LogP contribution in [0.15, 0.2) is 48.5 Å². The lowest BCUT2D eigenvalue weighted by molar-refractivity contribution is -0.144. The highest BCUT2D eigenvalue weighted by atomic mass is 35.5. The lowest BCUT2D eigenvalue weighted by Gasteiger charge is -2.29. The summed E-state index contributed by atoms with van der Waals surface area (Å²) in [5.74, 6) is -1.42. The zero-order chi connectivity index (χ0) is 17.0. The Labute approximate surface area is 155 Å². The van der Waals surface area contributed by atoms with Crippen molar-refractivity contribution in [1.82, 2.24) is 0 Å². The molecule has 2 nitrogen and oxygen atoms in total. The first-order valence-corrected chi connectivity index (χ1v) is 8.44. The van der Waals surface area contributed by atoms with Crippen LogP contribution in [-0.4, -0.2) is 16.9 Å². The molecule has 0 spiro atoms. The Morgan fingerprint density at radius 2 is 1.70 bits per heavy atom. The maximum Gasteiger partial charge on any atom is 0.343 e. The molecule has 0 radical (unpaired) electrons. The Hall–Kier alpha value is -0.930. The molecule has 0 amide bonds. The van der Waals surface area contributed by atoms with Gasteiger partial charge >= 0.3 is 5.97 Å². The summed E-state index contributed by atoms with van der Waals surface area (Å²) in [6.07, 6.45) is 0. The molecule has 0 aliphatic heterocycles. The number of alkyl halides is 2. The van der Waals surface area contributed by atoms with Crippen LogP contribution in [-0.2, 0) is 9.53 Å². The molecule has 0 unspecified atom stereocenters. The van der Waals surface area contributed by atoms with Gasteiger partial charge in [0.1, 0.15) is 0 Å². The van der Waals surface area contributed by atoms with Crippen molar-refractivity contribution in [2.75, 3.05) is 6.61 Å². The Morgan fingerprint density at radius 3 is 2.26 bits per heavy atom. The molecule has 122 valence electrons. The minimum absolute atomic E-state index is 0.176. The van der Waals surface area contributed by atoms with Crippen molar-refractivity contribution >= 4 is 52.4 Å². The highest BCUT2D eigenvalue weighted by molar-refractivity contribution is 6.58. The van der Waals surface area contributed by atoms with Gasteiger partial charge in [0.2, 0.25) is 4.33 Å². The van der Waals surface area contributed by atoms with E-state index >= 15 is 0 Å². The average Bonchev–Trinajstić information content (AvgIpc) is 2.51. The highest BCUT2D eigenvalue weighted by Crippen LogP contribution is 2.45. The zero-order valence-corrected chi connectivity index (χ0v) is 15.3. The Bertz CT molecular complexity index is 683. The molecule has 0 heterocycles. The standard InChI is InChI=1S/C17H14Cl4O2/c1-2-23-16(22)17(20,21)15(11-7-9-12(18)10-8-11)13-5-3-4-6-14(13)19/h3-10,15H,2H2,1H3/t15-/m0/s1. The first-order valence-electron chi connectivity index (χ1n) is 6.92. The van der Waals surface area contributed by atoms with E-state index in [9.17, 15) is 4.79 Å². The third-order valence-corrected chi connectivity index (χ3v) is 4.67. The summed E-state index contributed by atoms with van der Waals surface area (Å²) in [5, 5.41) is 1.03. The van der Waals surface area contributed by atoms with Crippen LogP contribution in [0.5, 0.6) is 0 Å². The quantitative estimate of drug-likeness (QED) is 0.471. The second-order valence-electron chi connectivity index (χ2n) is 4.85. The van der Waals surface area contributed by atoms with Gasteiger partial charge in [-0.3, -0.25) is 0 Å². The summed E-state index contributed by atoms with van der Waals surface area (Å²) < 4.78 is 3.20. The molecule has 0 fully saturated rings. The molecule has 2 aromatic rings. The fourth-order valence-corrected chi connectivity index (χ4v) is 3.26. The molecule has 2 rings (SSSR count). The van der Waals surface area contributed by atoms with Crippen LogP contribution >= 0.6 is 46.4 Å². The number of ether oxygens (including phenoxy) is 1. The van der Waals surface area contributed by atoms with Gasteiger partial charge in [-0.2, -0.15) is 0 Å². The third kappa shape index (κ3) is 4.13. The third-order valence-electron chi connectivity index (χ3n) is 3.33. The molecule has 1 atom stereocenters. The van der Waals surface area contributed by atoms with Gasteiger partial charge in [-0.1, -0.05) is 76.7 Å². The summed E-state index contributed by atoms with van der Waals surface area (Å²) in [4.78, 5) is 12.3. The predicted octanol–water partition coefficient (Wildman–Crippen LogP) is 5.86. The number of esters is 1. The van der Waals surface area contributed by atoms with Crippen LogP contribution in [0.25, 0.3) is 0 Å². The highest BCUT2D eigenvalue weighted by Gasteiger charge is 2.46. The van der Waals surface area contributed by atoms with Crippen molar-refractivity contribution in [3.05, 3.63) is 69.7 Å². The number of rotatable bonds is 5. The van der Waals surface area contributed by atoms with Gasteiger partial charge in [0.15, 0.2) is 0 Å². The molecule has 2 aromatic carbocycles. The molecular formula is C17H14Cl4O2. The first-order chi connectivity index (χ1) is 10.9. The van der Waals surface area contributed by atoms with E-state index in [1.807, 2.05) is 0 Å². The normalized spacial score (nSPS) is 12.7. The van der Waals surface area contributed by atoms with E-state index in [4.69, 9.17) is 51.1 Å². The van der Waals surface area contributed by atoms with Crippen molar-refractivity contribution < 1.29 is 9.53 Å². The number of carbonyl (C=O) groups is 1. The molecule has 0 saturated carbocycles. The SMILES string of the molecule is CCOC(=O)C(Cl)(Cl)[C@@H](c1ccc(Cl)cc1)c1ccccc1Cl. The van der Waals surface area contributed by atoms with Crippen LogP contribution in [0, 0.1) is 0 Å². The van der Waals surface area contributed by atoms with Gasteiger partial charge in [0.05, 0.1) is 12.5 Å². The van der Waals surface area contributed by atoms with Crippen LogP contribution in [0.2, 0.25) is 10.0 Å². The minimum atomic E-state index is -1.82. The van der Waals surface area contributed by atoms with E-state index in [-0.39, 0.29) is 6.61 Å². The van der Waals surface area contributed by atoms with Gasteiger partial charge < -0.3 is 4.74 Å². The number of carbonyl (C=O) groups excluding carboxylic acids is 1. The van der Waals surface area contributed by atoms with Crippen LogP contribution in [0.1, 0.15) is 24.0 Å². The molecule has 0 aromatic heterocycles. The first kappa shape index (κ1) is 18.4. The smallest absolute Gasteiger partial charge is 0.343 e. The van der Waals surface area contributed by atoms with Crippen molar-refractivity contribution in [3.8, 4) is 0 Å². The summed E-state index contributed by atoms with van der Waals surface area (Å²) in [5.41, 5.74) is 1.34. The number of halogens is 4. The predicted molar refractivity (Wildman–Crippen MR) is 95.8 cm³/mol. The summed E-state index contributed by atoms with van der Waals surface area (Å²) in [6.45, 7) is 1.87. The lowest BCUT2D eigenvalue weighted by Crippen LogP contribution is -2.36. The Balaban J connectivity index is 2.58. The molecule has 0 saturated heterocycles. The monoisotopic (exact) mass is 390 g/mol. The second kappa shape index (κ2) is 7.76. The average molecular weight is 392 g/mol. The van der Waals surface area contributed by atoms with E-state index in [1.54, 1.807) is 55.5 Å². The Kier molecular flexibility index (Phi) is 6.21. The van der Waals surface area contributed by atoms with Crippen LogP contribution in [0.4, 0.5) is 0 Å². The van der Waals surface area contributed by atoms with Crippen molar-refractivity contribution in [3.63, 3.8) is 0 Å². The molecule has 0 N–H and O–H groups in total. The molecule has 23 heavy (non-hydrogen) atoms. The fraction of sp³-hybridized carbons (Fsp3) is 0.235. The minimum Gasteiger partial charge on any atom is -0.464 e. The van der Waals surface area contributed by atoms with Crippen molar-refractivity contribution in [2.24, 2.45) is 0 Å². The van der Waals surface area contributed by atoms with Crippen LogP contribution in [0.3, 0.4) is 0 Å². The fourth-order valence-electron chi connectivity index (χ4n) is 2.29. The number of hydrogen-bond donors (Lipinski definition) is 0. The van der Waals surface area contributed by atoms with Gasteiger partial charge in [0.25, 0.3) is 0 Å². The van der Waals surface area contributed by atoms with Crippen molar-refractivity contribution in [2.45, 2.75) is 17.2 Å². The summed E-state index contributed by atoms with van der Waals surface area (Å²) >= 11 is 25.1. The molecule has 0 aliphatic carbocycles. The van der Waals surface area contributed by atoms with E-state index in [2.05, 4.69) is 0 Å². The lowest BCUT2D eigenvalue weighted by atomic mass is 9.87. The molecular weight excluding hydrogens is 378 g/mol. The Morgan fingerprint density at radius 1 is 1.09 bits per heavy atom. The number of hydrogen-bond acceptors (Lipinski definition) is 2. The maximum atomic E-state index is 12.3. The van der Waals surface area contributed by atoms with E-state index in [0.717, 1.165) is 0 Å². The van der Waals surface area contributed by atoms with Crippen molar-refractivity contribution in [1.29, 1.82) is 0 Å². The maximum absolute atomic E-state index is 12.3. The summed E-state index contributed by atoms with van der Waals surface area (Å²) in [6, 6.07) is 14.0. The molecule has 0 aliphatic rings. The van der Waals surface area contributed by atoms with Gasteiger partial charge in [0, 0.05) is 10.0 Å². The van der Waals surface area contributed by atoms with E-state index in [0.29, 0.717) is 21.2 Å².